The van der Waals surface area contributed by atoms with Gasteiger partial charge < -0.3 is 20.9 Å². The predicted molar refractivity (Wildman–Crippen MR) is 110 cm³/mol. The molecule has 4 N–H and O–H groups in total. The zero-order valence-corrected chi connectivity index (χ0v) is 16.7. The van der Waals surface area contributed by atoms with Gasteiger partial charge in [0.2, 0.25) is 5.91 Å². The molecule has 0 aliphatic heterocycles. The minimum absolute atomic E-state index is 0.200. The zero-order valence-electron chi connectivity index (χ0n) is 15.2. The van der Waals surface area contributed by atoms with Gasteiger partial charge in [0.25, 0.3) is 11.8 Å². The van der Waals surface area contributed by atoms with Gasteiger partial charge in [0.05, 0.1) is 11.0 Å². The predicted octanol–water partition coefficient (Wildman–Crippen LogP) is 2.09. The van der Waals surface area contributed by atoms with Crippen LogP contribution in [-0.4, -0.2) is 28.8 Å². The second-order valence-corrected chi connectivity index (χ2v) is 7.06. The maximum Gasteiger partial charge on any atom is 0.269 e. The SMILES string of the molecule is Cn1c(C(=O)NCc2ccc(C(=O)NCC(N)=O)cc2)c(Br)c2ccccc21. The molecule has 0 aliphatic rings. The minimum atomic E-state index is -0.604. The standard InChI is InChI=1S/C20H19BrN4O3/c1-25-15-5-3-2-4-14(15)17(21)18(25)20(28)23-10-12-6-8-13(9-7-12)19(27)24-11-16(22)26/h2-9H,10-11H2,1H3,(H2,22,26)(H,23,28)(H,24,27). The van der Waals surface area contributed by atoms with Gasteiger partial charge in [0, 0.05) is 30.1 Å². The maximum absolute atomic E-state index is 12.7. The highest BCUT2D eigenvalue weighted by molar-refractivity contribution is 9.10. The Morgan fingerprint density at radius 3 is 2.32 bits per heavy atom. The molecule has 7 nitrogen and oxygen atoms in total. The Bertz CT molecular complexity index is 1020. The molecule has 3 amide bonds. The molecule has 0 bridgehead atoms. The van der Waals surface area contributed by atoms with Crippen LogP contribution in [0.2, 0.25) is 0 Å². The highest BCUT2D eigenvalue weighted by Gasteiger charge is 2.19. The van der Waals surface area contributed by atoms with Crippen molar-refractivity contribution in [1.29, 1.82) is 0 Å². The number of amides is 3. The summed E-state index contributed by atoms with van der Waals surface area (Å²) >= 11 is 3.52. The Hall–Kier alpha value is -3.13. The fraction of sp³-hybridized carbons (Fsp3) is 0.150. The van der Waals surface area contributed by atoms with Crippen LogP contribution in [0.5, 0.6) is 0 Å². The van der Waals surface area contributed by atoms with E-state index in [2.05, 4.69) is 26.6 Å². The number of rotatable bonds is 6. The average molecular weight is 443 g/mol. The summed E-state index contributed by atoms with van der Waals surface area (Å²) in [7, 11) is 1.85. The fourth-order valence-corrected chi connectivity index (χ4v) is 3.69. The number of nitrogens with zero attached hydrogens (tertiary/aromatic N) is 1. The van der Waals surface area contributed by atoms with E-state index < -0.39 is 5.91 Å². The monoisotopic (exact) mass is 442 g/mol. The van der Waals surface area contributed by atoms with E-state index >= 15 is 0 Å². The van der Waals surface area contributed by atoms with Crippen molar-refractivity contribution in [1.82, 2.24) is 15.2 Å². The molecule has 0 spiro atoms. The van der Waals surface area contributed by atoms with Gasteiger partial charge in [-0.15, -0.1) is 0 Å². The molecular formula is C20H19BrN4O3. The summed E-state index contributed by atoms with van der Waals surface area (Å²) in [6.07, 6.45) is 0. The van der Waals surface area contributed by atoms with Gasteiger partial charge in [-0.05, 0) is 39.7 Å². The third-order valence-electron chi connectivity index (χ3n) is 4.35. The summed E-state index contributed by atoms with van der Waals surface area (Å²) < 4.78 is 2.60. The fourth-order valence-electron chi connectivity index (χ4n) is 2.91. The second kappa shape index (κ2) is 8.26. The van der Waals surface area contributed by atoms with Crippen molar-refractivity contribution in [2.24, 2.45) is 12.8 Å². The lowest BCUT2D eigenvalue weighted by Crippen LogP contribution is -2.33. The summed E-state index contributed by atoms with van der Waals surface area (Å²) in [6, 6.07) is 14.5. The maximum atomic E-state index is 12.7. The van der Waals surface area contributed by atoms with E-state index in [0.717, 1.165) is 20.9 Å². The van der Waals surface area contributed by atoms with Crippen LogP contribution in [0.3, 0.4) is 0 Å². The summed E-state index contributed by atoms with van der Waals surface area (Å²) in [5.74, 6) is -1.19. The minimum Gasteiger partial charge on any atom is -0.368 e. The Morgan fingerprint density at radius 1 is 1.00 bits per heavy atom. The van der Waals surface area contributed by atoms with Crippen LogP contribution < -0.4 is 16.4 Å². The third-order valence-corrected chi connectivity index (χ3v) is 5.16. The summed E-state index contributed by atoms with van der Waals surface area (Å²) in [4.78, 5) is 35.3. The number of primary amides is 1. The molecule has 1 aromatic heterocycles. The Morgan fingerprint density at radius 2 is 1.68 bits per heavy atom. The molecule has 0 aliphatic carbocycles. The van der Waals surface area contributed by atoms with Crippen LogP contribution in [0.4, 0.5) is 0 Å². The first kappa shape index (κ1) is 19.6. The number of carbonyl (C=O) groups is 3. The van der Waals surface area contributed by atoms with Gasteiger partial charge in [-0.1, -0.05) is 30.3 Å². The summed E-state index contributed by atoms with van der Waals surface area (Å²) in [6.45, 7) is 0.104. The van der Waals surface area contributed by atoms with Crippen molar-refractivity contribution in [2.75, 3.05) is 6.54 Å². The number of aromatic nitrogens is 1. The van der Waals surface area contributed by atoms with Gasteiger partial charge in [0.1, 0.15) is 5.69 Å². The number of hydrogen-bond acceptors (Lipinski definition) is 3. The Kier molecular flexibility index (Phi) is 5.79. The quantitative estimate of drug-likeness (QED) is 0.543. The van der Waals surface area contributed by atoms with Crippen molar-refractivity contribution in [3.05, 3.63) is 69.8 Å². The average Bonchev–Trinajstić information content (AvgIpc) is 2.95. The molecule has 2 aromatic carbocycles. The third kappa shape index (κ3) is 4.07. The van der Waals surface area contributed by atoms with E-state index in [9.17, 15) is 14.4 Å². The normalized spacial score (nSPS) is 10.6. The second-order valence-electron chi connectivity index (χ2n) is 6.27. The van der Waals surface area contributed by atoms with Crippen molar-refractivity contribution in [3.63, 3.8) is 0 Å². The largest absolute Gasteiger partial charge is 0.368 e. The number of para-hydroxylation sites is 1. The van der Waals surface area contributed by atoms with E-state index in [1.165, 1.54) is 0 Å². The molecule has 8 heteroatoms. The van der Waals surface area contributed by atoms with Crippen molar-refractivity contribution in [2.45, 2.75) is 6.54 Å². The Balaban J connectivity index is 1.67. The van der Waals surface area contributed by atoms with Crippen LogP contribution >= 0.6 is 15.9 Å². The molecule has 0 saturated carbocycles. The molecule has 3 aromatic rings. The number of hydrogen-bond donors (Lipinski definition) is 3. The molecule has 0 unspecified atom stereocenters. The number of benzene rings is 2. The van der Waals surface area contributed by atoms with E-state index in [1.807, 2.05) is 35.9 Å². The highest BCUT2D eigenvalue weighted by Crippen LogP contribution is 2.30. The molecular weight excluding hydrogens is 424 g/mol. The molecule has 1 heterocycles. The molecule has 28 heavy (non-hydrogen) atoms. The first-order valence-corrected chi connectivity index (χ1v) is 9.34. The lowest BCUT2D eigenvalue weighted by molar-refractivity contribution is -0.117. The smallest absolute Gasteiger partial charge is 0.269 e. The summed E-state index contributed by atoms with van der Waals surface area (Å²) in [5, 5.41) is 6.29. The number of aryl methyl sites for hydroxylation is 1. The van der Waals surface area contributed by atoms with Crippen molar-refractivity contribution < 1.29 is 14.4 Å². The van der Waals surface area contributed by atoms with Gasteiger partial charge in [-0.2, -0.15) is 0 Å². The first-order valence-electron chi connectivity index (χ1n) is 8.55. The van der Waals surface area contributed by atoms with E-state index in [-0.39, 0.29) is 18.4 Å². The topological polar surface area (TPSA) is 106 Å². The molecule has 0 saturated heterocycles. The van der Waals surface area contributed by atoms with Crippen LogP contribution in [0.15, 0.2) is 53.0 Å². The van der Waals surface area contributed by atoms with Crippen LogP contribution in [-0.2, 0) is 18.4 Å². The van der Waals surface area contributed by atoms with Gasteiger partial charge >= 0.3 is 0 Å². The zero-order chi connectivity index (χ0) is 20.3. The molecule has 0 atom stereocenters. The Labute approximate surface area is 170 Å². The van der Waals surface area contributed by atoms with Crippen LogP contribution in [0, 0.1) is 0 Å². The van der Waals surface area contributed by atoms with E-state index in [1.54, 1.807) is 24.3 Å². The van der Waals surface area contributed by atoms with Gasteiger partial charge in [-0.3, -0.25) is 14.4 Å². The number of fused-ring (bicyclic) bond motifs is 1. The molecule has 0 radical (unpaired) electrons. The lowest BCUT2D eigenvalue weighted by Gasteiger charge is -2.08. The molecule has 0 fully saturated rings. The number of carbonyl (C=O) groups excluding carboxylic acids is 3. The van der Waals surface area contributed by atoms with E-state index in [0.29, 0.717) is 17.8 Å². The number of nitrogens with two attached hydrogens (primary N) is 1. The summed E-state index contributed by atoms with van der Waals surface area (Å²) in [5.41, 5.74) is 7.77. The number of halogens is 1. The van der Waals surface area contributed by atoms with E-state index in [4.69, 9.17) is 5.73 Å². The van der Waals surface area contributed by atoms with Crippen molar-refractivity contribution in [3.8, 4) is 0 Å². The van der Waals surface area contributed by atoms with Gasteiger partial charge in [-0.25, -0.2) is 0 Å². The highest BCUT2D eigenvalue weighted by atomic mass is 79.9. The number of nitrogens with one attached hydrogen (secondary N) is 2. The molecule has 144 valence electrons. The lowest BCUT2D eigenvalue weighted by atomic mass is 10.1. The van der Waals surface area contributed by atoms with Gasteiger partial charge in [0.15, 0.2) is 0 Å². The van der Waals surface area contributed by atoms with Crippen LogP contribution in [0.25, 0.3) is 10.9 Å². The van der Waals surface area contributed by atoms with Crippen LogP contribution in [0.1, 0.15) is 26.4 Å². The van der Waals surface area contributed by atoms with Crippen molar-refractivity contribution >= 4 is 44.6 Å². The first-order chi connectivity index (χ1) is 13.4. The molecule has 3 rings (SSSR count).